The minimum atomic E-state index is -0.359. The van der Waals surface area contributed by atoms with Crippen molar-refractivity contribution in [3.8, 4) is 0 Å². The minimum absolute atomic E-state index is 0.117. The third kappa shape index (κ3) is 1.84. The zero-order valence-electron chi connectivity index (χ0n) is 6.10. The van der Waals surface area contributed by atoms with Gasteiger partial charge in [0.15, 0.2) is 5.78 Å². The lowest BCUT2D eigenvalue weighted by molar-refractivity contribution is 0.101. The average molecular weight is 170 g/mol. The second-order valence-corrected chi connectivity index (χ2v) is 2.91. The molecular formula is C8H8FOP. The van der Waals surface area contributed by atoms with Gasteiger partial charge < -0.3 is 0 Å². The number of carbonyl (C=O) groups is 1. The van der Waals surface area contributed by atoms with Gasteiger partial charge in [-0.25, -0.2) is 4.39 Å². The Morgan fingerprint density at radius 2 is 2.18 bits per heavy atom. The predicted octanol–water partition coefficient (Wildman–Crippen LogP) is 1.53. The van der Waals surface area contributed by atoms with E-state index in [1.165, 1.54) is 13.0 Å². The molecule has 0 N–H and O–H groups in total. The lowest BCUT2D eigenvalue weighted by Crippen LogP contribution is -2.01. The summed E-state index contributed by atoms with van der Waals surface area (Å²) in [5, 5.41) is 0.481. The quantitative estimate of drug-likeness (QED) is 0.461. The SMILES string of the molecule is CC(=O)c1ccc(P)c(F)c1. The zero-order valence-corrected chi connectivity index (χ0v) is 7.25. The highest BCUT2D eigenvalue weighted by Gasteiger charge is 2.01. The van der Waals surface area contributed by atoms with Gasteiger partial charge in [-0.1, -0.05) is 12.1 Å². The molecule has 0 aliphatic rings. The molecule has 0 amide bonds. The summed E-state index contributed by atoms with van der Waals surface area (Å²) in [5.41, 5.74) is 0.411. The molecule has 1 aromatic rings. The molecule has 0 heterocycles. The minimum Gasteiger partial charge on any atom is -0.295 e. The fourth-order valence-corrected chi connectivity index (χ4v) is 0.926. The molecule has 1 rings (SSSR count). The van der Waals surface area contributed by atoms with Crippen molar-refractivity contribution in [1.82, 2.24) is 0 Å². The number of hydrogen-bond donors (Lipinski definition) is 0. The van der Waals surface area contributed by atoms with Crippen LogP contribution in [0.25, 0.3) is 0 Å². The van der Waals surface area contributed by atoms with E-state index in [-0.39, 0.29) is 11.6 Å². The van der Waals surface area contributed by atoms with Crippen molar-refractivity contribution in [3.05, 3.63) is 29.6 Å². The zero-order chi connectivity index (χ0) is 8.43. The number of hydrogen-bond acceptors (Lipinski definition) is 1. The maximum absolute atomic E-state index is 12.8. The van der Waals surface area contributed by atoms with E-state index < -0.39 is 0 Å². The van der Waals surface area contributed by atoms with Gasteiger partial charge in [0.25, 0.3) is 0 Å². The summed E-state index contributed by atoms with van der Waals surface area (Å²) in [4.78, 5) is 10.7. The van der Waals surface area contributed by atoms with Crippen LogP contribution >= 0.6 is 9.24 Å². The molecule has 11 heavy (non-hydrogen) atoms. The molecule has 0 bridgehead atoms. The van der Waals surface area contributed by atoms with Crippen molar-refractivity contribution < 1.29 is 9.18 Å². The highest BCUT2D eigenvalue weighted by molar-refractivity contribution is 7.27. The Labute approximate surface area is 66.8 Å². The van der Waals surface area contributed by atoms with Gasteiger partial charge in [0.05, 0.1) is 0 Å². The van der Waals surface area contributed by atoms with Gasteiger partial charge >= 0.3 is 0 Å². The lowest BCUT2D eigenvalue weighted by atomic mass is 10.1. The second-order valence-electron chi connectivity index (χ2n) is 2.29. The number of Topliss-reactive ketones (excluding diaryl/α,β-unsaturated/α-hetero) is 1. The fourth-order valence-electron chi connectivity index (χ4n) is 0.746. The van der Waals surface area contributed by atoms with Crippen LogP contribution in [-0.2, 0) is 0 Å². The number of halogens is 1. The number of benzene rings is 1. The number of carbonyl (C=O) groups excluding carboxylic acids is 1. The van der Waals surface area contributed by atoms with E-state index in [9.17, 15) is 9.18 Å². The van der Waals surface area contributed by atoms with E-state index >= 15 is 0 Å². The van der Waals surface area contributed by atoms with Crippen molar-refractivity contribution in [3.63, 3.8) is 0 Å². The van der Waals surface area contributed by atoms with Gasteiger partial charge in [-0.15, -0.1) is 9.24 Å². The van der Waals surface area contributed by atoms with Gasteiger partial charge in [-0.2, -0.15) is 0 Å². The molecule has 0 aliphatic heterocycles. The molecule has 0 aliphatic carbocycles. The first kappa shape index (κ1) is 8.35. The monoisotopic (exact) mass is 170 g/mol. The van der Waals surface area contributed by atoms with E-state index in [2.05, 4.69) is 9.24 Å². The van der Waals surface area contributed by atoms with Crippen LogP contribution in [0.5, 0.6) is 0 Å². The Bertz CT molecular complexity index is 296. The summed E-state index contributed by atoms with van der Waals surface area (Å²) in [7, 11) is 2.26. The van der Waals surface area contributed by atoms with Crippen LogP contribution in [0, 0.1) is 5.82 Å². The van der Waals surface area contributed by atoms with E-state index in [0.717, 1.165) is 0 Å². The third-order valence-electron chi connectivity index (χ3n) is 1.41. The Kier molecular flexibility index (Phi) is 2.35. The molecule has 58 valence electrons. The standard InChI is InChI=1S/C8H8FOP/c1-5(10)6-2-3-8(11)7(9)4-6/h2-4H,11H2,1H3. The van der Waals surface area contributed by atoms with Gasteiger partial charge in [0.2, 0.25) is 0 Å². The van der Waals surface area contributed by atoms with Gasteiger partial charge in [-0.05, 0) is 13.0 Å². The predicted molar refractivity (Wildman–Crippen MR) is 45.7 cm³/mol. The molecular weight excluding hydrogens is 162 g/mol. The molecule has 1 aromatic carbocycles. The summed E-state index contributed by atoms with van der Waals surface area (Å²) in [6, 6.07) is 4.41. The van der Waals surface area contributed by atoms with Crippen LogP contribution in [0.2, 0.25) is 0 Å². The lowest BCUT2D eigenvalue weighted by Gasteiger charge is -1.97. The summed E-state index contributed by atoms with van der Waals surface area (Å²) in [6.45, 7) is 1.41. The number of ketones is 1. The summed E-state index contributed by atoms with van der Waals surface area (Å²) in [6.07, 6.45) is 0. The summed E-state index contributed by atoms with van der Waals surface area (Å²) in [5.74, 6) is -0.475. The van der Waals surface area contributed by atoms with Crippen LogP contribution in [-0.4, -0.2) is 5.78 Å². The normalized spacial score (nSPS) is 9.73. The van der Waals surface area contributed by atoms with E-state index in [4.69, 9.17) is 0 Å². The molecule has 0 fully saturated rings. The van der Waals surface area contributed by atoms with Crippen molar-refractivity contribution in [2.45, 2.75) is 6.92 Å². The second kappa shape index (κ2) is 3.10. The van der Waals surface area contributed by atoms with Gasteiger partial charge in [0, 0.05) is 10.9 Å². The highest BCUT2D eigenvalue weighted by atomic mass is 31.0. The maximum atomic E-state index is 12.8. The Hall–Kier alpha value is -0.750. The smallest absolute Gasteiger partial charge is 0.159 e. The van der Waals surface area contributed by atoms with Crippen LogP contribution in [0.4, 0.5) is 4.39 Å². The first-order valence-corrected chi connectivity index (χ1v) is 3.75. The van der Waals surface area contributed by atoms with Gasteiger partial charge in [-0.3, -0.25) is 4.79 Å². The molecule has 3 heteroatoms. The fraction of sp³-hybridized carbons (Fsp3) is 0.125. The number of rotatable bonds is 1. The largest absolute Gasteiger partial charge is 0.295 e. The van der Waals surface area contributed by atoms with Crippen LogP contribution in [0.3, 0.4) is 0 Å². The first-order chi connectivity index (χ1) is 5.11. The Morgan fingerprint density at radius 3 is 2.64 bits per heavy atom. The molecule has 0 saturated heterocycles. The molecule has 1 nitrogen and oxygen atoms in total. The van der Waals surface area contributed by atoms with E-state index in [1.807, 2.05) is 0 Å². The van der Waals surface area contributed by atoms with Gasteiger partial charge in [0.1, 0.15) is 5.82 Å². The Balaban J connectivity index is 3.15. The van der Waals surface area contributed by atoms with Crippen molar-refractivity contribution in [2.24, 2.45) is 0 Å². The average Bonchev–Trinajstić information content (AvgIpc) is 1.94. The van der Waals surface area contributed by atoms with E-state index in [1.54, 1.807) is 12.1 Å². The Morgan fingerprint density at radius 1 is 1.55 bits per heavy atom. The van der Waals surface area contributed by atoms with Crippen LogP contribution in [0.15, 0.2) is 18.2 Å². The van der Waals surface area contributed by atoms with Crippen LogP contribution < -0.4 is 5.30 Å². The molecule has 1 unspecified atom stereocenters. The molecule has 0 saturated carbocycles. The maximum Gasteiger partial charge on any atom is 0.159 e. The van der Waals surface area contributed by atoms with Crippen molar-refractivity contribution in [1.29, 1.82) is 0 Å². The van der Waals surface area contributed by atoms with Crippen LogP contribution in [0.1, 0.15) is 17.3 Å². The first-order valence-electron chi connectivity index (χ1n) is 3.17. The molecule has 0 aromatic heterocycles. The molecule has 0 spiro atoms. The molecule has 1 atom stereocenters. The van der Waals surface area contributed by atoms with Crippen molar-refractivity contribution in [2.75, 3.05) is 0 Å². The van der Waals surface area contributed by atoms with Crippen molar-refractivity contribution >= 4 is 20.3 Å². The third-order valence-corrected chi connectivity index (χ3v) is 1.88. The summed E-state index contributed by atoms with van der Waals surface area (Å²) < 4.78 is 12.8. The summed E-state index contributed by atoms with van der Waals surface area (Å²) >= 11 is 0. The topological polar surface area (TPSA) is 17.1 Å². The van der Waals surface area contributed by atoms with E-state index in [0.29, 0.717) is 10.9 Å². The molecule has 0 radical (unpaired) electrons. The highest BCUT2D eigenvalue weighted by Crippen LogP contribution is 2.04.